The lowest BCUT2D eigenvalue weighted by Gasteiger charge is -2.32. The zero-order chi connectivity index (χ0) is 17.7. The summed E-state index contributed by atoms with van der Waals surface area (Å²) in [5.74, 6) is 0.943. The molecule has 1 aromatic heterocycles. The molecule has 7 nitrogen and oxygen atoms in total. The van der Waals surface area contributed by atoms with Crippen LogP contribution in [0.2, 0.25) is 0 Å². The first-order valence-electron chi connectivity index (χ1n) is 8.83. The number of likely N-dealkylation sites (N-methyl/N-ethyl adjacent to an activating group) is 1. The number of carbonyl (C=O) groups is 1. The van der Waals surface area contributed by atoms with Crippen molar-refractivity contribution in [3.05, 3.63) is 24.2 Å². The van der Waals surface area contributed by atoms with Gasteiger partial charge in [-0.2, -0.15) is 0 Å². The van der Waals surface area contributed by atoms with Crippen molar-refractivity contribution >= 4 is 5.91 Å². The fraction of sp³-hybridized carbons (Fsp3) is 0.722. The van der Waals surface area contributed by atoms with E-state index >= 15 is 0 Å². The van der Waals surface area contributed by atoms with Gasteiger partial charge in [-0.15, -0.1) is 0 Å². The first-order chi connectivity index (χ1) is 12.1. The molecule has 2 unspecified atom stereocenters. The van der Waals surface area contributed by atoms with Crippen molar-refractivity contribution in [2.45, 2.75) is 31.1 Å². The number of hydrogen-bond donors (Lipinski definition) is 0. The number of ether oxygens (including phenoxy) is 3. The molecule has 0 aromatic carbocycles. The van der Waals surface area contributed by atoms with E-state index in [1.54, 1.807) is 13.4 Å². The fourth-order valence-electron chi connectivity index (χ4n) is 3.66. The van der Waals surface area contributed by atoms with Gasteiger partial charge in [-0.05, 0) is 32.0 Å². The monoisotopic (exact) mass is 352 g/mol. The SMILES string of the molecule is COCC(=O)N1CCOCC2(CCC(CN(C)Cc3ccco3)O2)C1. The van der Waals surface area contributed by atoms with E-state index in [9.17, 15) is 4.79 Å². The van der Waals surface area contributed by atoms with Gasteiger partial charge in [0.25, 0.3) is 0 Å². The average Bonchev–Trinajstić information content (AvgIpc) is 3.15. The maximum absolute atomic E-state index is 12.2. The molecule has 2 atom stereocenters. The molecule has 1 spiro atoms. The van der Waals surface area contributed by atoms with Crippen LogP contribution in [-0.4, -0.2) is 81.0 Å². The Bertz CT molecular complexity index is 550. The summed E-state index contributed by atoms with van der Waals surface area (Å²) in [6, 6.07) is 3.88. The third kappa shape index (κ3) is 4.82. The molecule has 140 valence electrons. The summed E-state index contributed by atoms with van der Waals surface area (Å²) in [6.07, 6.45) is 3.71. The van der Waals surface area contributed by atoms with Crippen LogP contribution in [0.1, 0.15) is 18.6 Å². The Morgan fingerprint density at radius 3 is 3.16 bits per heavy atom. The van der Waals surface area contributed by atoms with Gasteiger partial charge in [0.05, 0.1) is 38.7 Å². The van der Waals surface area contributed by atoms with Crippen LogP contribution in [0, 0.1) is 0 Å². The van der Waals surface area contributed by atoms with Crippen molar-refractivity contribution in [1.82, 2.24) is 9.80 Å². The zero-order valence-electron chi connectivity index (χ0n) is 15.1. The summed E-state index contributed by atoms with van der Waals surface area (Å²) >= 11 is 0. The van der Waals surface area contributed by atoms with Crippen LogP contribution in [0.5, 0.6) is 0 Å². The predicted molar refractivity (Wildman–Crippen MR) is 91.2 cm³/mol. The number of furan rings is 1. The first-order valence-corrected chi connectivity index (χ1v) is 8.83. The quantitative estimate of drug-likeness (QED) is 0.765. The fourth-order valence-corrected chi connectivity index (χ4v) is 3.66. The van der Waals surface area contributed by atoms with Gasteiger partial charge in [-0.1, -0.05) is 0 Å². The number of nitrogens with zero attached hydrogens (tertiary/aromatic N) is 2. The Hall–Kier alpha value is -1.41. The van der Waals surface area contributed by atoms with Crippen molar-refractivity contribution in [3.8, 4) is 0 Å². The average molecular weight is 352 g/mol. The van der Waals surface area contributed by atoms with E-state index in [-0.39, 0.29) is 18.6 Å². The highest BCUT2D eigenvalue weighted by molar-refractivity contribution is 5.77. The van der Waals surface area contributed by atoms with E-state index in [0.29, 0.717) is 26.3 Å². The van der Waals surface area contributed by atoms with Gasteiger partial charge in [0.15, 0.2) is 0 Å². The molecule has 7 heteroatoms. The van der Waals surface area contributed by atoms with Crippen LogP contribution >= 0.6 is 0 Å². The Morgan fingerprint density at radius 1 is 1.52 bits per heavy atom. The summed E-state index contributed by atoms with van der Waals surface area (Å²) in [6.45, 7) is 3.95. The maximum Gasteiger partial charge on any atom is 0.248 e. The van der Waals surface area contributed by atoms with E-state index in [0.717, 1.165) is 31.7 Å². The minimum Gasteiger partial charge on any atom is -0.468 e. The number of methoxy groups -OCH3 is 1. The van der Waals surface area contributed by atoms with E-state index in [4.69, 9.17) is 18.6 Å². The van der Waals surface area contributed by atoms with Crippen LogP contribution in [-0.2, 0) is 25.5 Å². The zero-order valence-corrected chi connectivity index (χ0v) is 15.1. The highest BCUT2D eigenvalue weighted by Gasteiger charge is 2.44. The lowest BCUT2D eigenvalue weighted by Crippen LogP contribution is -2.48. The van der Waals surface area contributed by atoms with Crippen LogP contribution in [0.3, 0.4) is 0 Å². The Balaban J connectivity index is 1.55. The van der Waals surface area contributed by atoms with Crippen molar-refractivity contribution in [3.63, 3.8) is 0 Å². The molecule has 0 N–H and O–H groups in total. The molecule has 1 aromatic rings. The van der Waals surface area contributed by atoms with E-state index < -0.39 is 5.60 Å². The lowest BCUT2D eigenvalue weighted by molar-refractivity contribution is -0.140. The van der Waals surface area contributed by atoms with Crippen LogP contribution in [0.4, 0.5) is 0 Å². The van der Waals surface area contributed by atoms with Crippen LogP contribution in [0.25, 0.3) is 0 Å². The van der Waals surface area contributed by atoms with Crippen molar-refractivity contribution in [2.75, 3.05) is 53.6 Å². The molecular formula is C18H28N2O5. The summed E-state index contributed by atoms with van der Waals surface area (Å²) in [4.78, 5) is 16.2. The number of hydrogen-bond acceptors (Lipinski definition) is 6. The Kier molecular flexibility index (Phi) is 6.11. The third-order valence-electron chi connectivity index (χ3n) is 4.83. The molecule has 0 saturated carbocycles. The van der Waals surface area contributed by atoms with Crippen LogP contribution < -0.4 is 0 Å². The molecule has 2 aliphatic heterocycles. The normalized spacial score (nSPS) is 27.2. The van der Waals surface area contributed by atoms with E-state index in [1.807, 2.05) is 17.0 Å². The van der Waals surface area contributed by atoms with Gasteiger partial charge >= 0.3 is 0 Å². The van der Waals surface area contributed by atoms with E-state index in [2.05, 4.69) is 11.9 Å². The predicted octanol–water partition coefficient (Wildman–Crippen LogP) is 1.13. The van der Waals surface area contributed by atoms with Gasteiger partial charge in [-0.25, -0.2) is 0 Å². The molecule has 0 radical (unpaired) electrons. The summed E-state index contributed by atoms with van der Waals surface area (Å²) in [5, 5.41) is 0. The maximum atomic E-state index is 12.2. The van der Waals surface area contributed by atoms with Crippen molar-refractivity contribution in [2.24, 2.45) is 0 Å². The summed E-state index contributed by atoms with van der Waals surface area (Å²) in [5.41, 5.74) is -0.393. The van der Waals surface area contributed by atoms with Gasteiger partial charge < -0.3 is 23.5 Å². The number of amides is 1. The second-order valence-corrected chi connectivity index (χ2v) is 7.04. The second-order valence-electron chi connectivity index (χ2n) is 7.04. The van der Waals surface area contributed by atoms with Crippen molar-refractivity contribution in [1.29, 1.82) is 0 Å². The van der Waals surface area contributed by atoms with E-state index in [1.165, 1.54) is 0 Å². The van der Waals surface area contributed by atoms with Crippen LogP contribution in [0.15, 0.2) is 22.8 Å². The Morgan fingerprint density at radius 2 is 2.40 bits per heavy atom. The first kappa shape index (κ1) is 18.4. The molecule has 2 fully saturated rings. The summed E-state index contributed by atoms with van der Waals surface area (Å²) < 4.78 is 22.5. The largest absolute Gasteiger partial charge is 0.468 e. The molecule has 0 aliphatic carbocycles. The molecular weight excluding hydrogens is 324 g/mol. The molecule has 3 heterocycles. The van der Waals surface area contributed by atoms with Gasteiger partial charge in [-0.3, -0.25) is 9.69 Å². The van der Waals surface area contributed by atoms with Gasteiger partial charge in [0.2, 0.25) is 5.91 Å². The smallest absolute Gasteiger partial charge is 0.248 e. The molecule has 25 heavy (non-hydrogen) atoms. The van der Waals surface area contributed by atoms with Gasteiger partial charge in [0.1, 0.15) is 18.0 Å². The molecule has 3 rings (SSSR count). The van der Waals surface area contributed by atoms with Gasteiger partial charge in [0, 0.05) is 20.2 Å². The highest BCUT2D eigenvalue weighted by atomic mass is 16.6. The standard InChI is InChI=1S/C18H28N2O5/c1-19(10-15-4-3-8-24-15)11-16-5-6-18(25-16)13-20(7-9-23-14-18)17(21)12-22-2/h3-4,8,16H,5-7,9-14H2,1-2H3. The molecule has 1 amide bonds. The Labute approximate surface area is 148 Å². The number of carbonyl (C=O) groups excluding carboxylic acids is 1. The minimum atomic E-state index is -0.393. The minimum absolute atomic E-state index is 0.00522. The molecule has 2 aliphatic rings. The third-order valence-corrected chi connectivity index (χ3v) is 4.83. The topological polar surface area (TPSA) is 64.4 Å². The lowest BCUT2D eigenvalue weighted by atomic mass is 10.00. The van der Waals surface area contributed by atoms with Crippen molar-refractivity contribution < 1.29 is 23.4 Å². The molecule has 0 bridgehead atoms. The highest BCUT2D eigenvalue weighted by Crippen LogP contribution is 2.33. The molecule has 2 saturated heterocycles. The number of rotatable bonds is 6. The second kappa shape index (κ2) is 8.31. The summed E-state index contributed by atoms with van der Waals surface area (Å²) in [7, 11) is 3.60.